The van der Waals surface area contributed by atoms with Gasteiger partial charge in [-0.05, 0) is 12.1 Å². The summed E-state index contributed by atoms with van der Waals surface area (Å²) in [6, 6.07) is 5.63. The zero-order valence-electron chi connectivity index (χ0n) is 7.45. The van der Waals surface area contributed by atoms with E-state index >= 15 is 0 Å². The van der Waals surface area contributed by atoms with E-state index in [1.807, 2.05) is 0 Å². The molecule has 0 spiro atoms. The second kappa shape index (κ2) is 4.87. The van der Waals surface area contributed by atoms with Gasteiger partial charge in [0.2, 0.25) is 10.0 Å². The first-order chi connectivity index (χ1) is 6.93. The number of sulfonamides is 1. The smallest absolute Gasteiger partial charge is 0.209 e. The SMILES string of the molecule is O=S(=O)(NCC(F)F)c1ccccc1Cl. The first-order valence-electron chi connectivity index (χ1n) is 3.96. The van der Waals surface area contributed by atoms with Crippen LogP contribution in [0, 0.1) is 0 Å². The summed E-state index contributed by atoms with van der Waals surface area (Å²) in [7, 11) is -3.95. The summed E-state index contributed by atoms with van der Waals surface area (Å²) in [6.45, 7) is -0.923. The molecule has 1 rings (SSSR count). The lowest BCUT2D eigenvalue weighted by molar-refractivity contribution is 0.153. The molecule has 84 valence electrons. The monoisotopic (exact) mass is 255 g/mol. The van der Waals surface area contributed by atoms with Crippen molar-refractivity contribution in [2.45, 2.75) is 11.3 Å². The molecule has 1 aromatic carbocycles. The molecule has 0 aliphatic carbocycles. The normalized spacial score (nSPS) is 12.0. The molecule has 0 bridgehead atoms. The van der Waals surface area contributed by atoms with Crippen LogP contribution in [0.15, 0.2) is 29.2 Å². The standard InChI is InChI=1S/C8H8ClF2NO2S/c9-6-3-1-2-4-7(6)15(13,14)12-5-8(10)11/h1-4,8,12H,5H2. The van der Waals surface area contributed by atoms with E-state index in [1.54, 1.807) is 10.8 Å². The summed E-state index contributed by atoms with van der Waals surface area (Å²) < 4.78 is 48.3. The van der Waals surface area contributed by atoms with Gasteiger partial charge in [0.1, 0.15) is 4.90 Å². The number of alkyl halides is 2. The van der Waals surface area contributed by atoms with Gasteiger partial charge in [0.25, 0.3) is 6.43 Å². The lowest BCUT2D eigenvalue weighted by Crippen LogP contribution is -2.28. The third kappa shape index (κ3) is 3.40. The lowest BCUT2D eigenvalue weighted by Gasteiger charge is -2.07. The van der Waals surface area contributed by atoms with E-state index < -0.39 is 23.0 Å². The fraction of sp³-hybridized carbons (Fsp3) is 0.250. The number of rotatable bonds is 4. The molecular formula is C8H8ClF2NO2S. The number of hydrogen-bond donors (Lipinski definition) is 1. The fourth-order valence-electron chi connectivity index (χ4n) is 0.913. The zero-order chi connectivity index (χ0) is 11.5. The minimum Gasteiger partial charge on any atom is -0.209 e. The van der Waals surface area contributed by atoms with Gasteiger partial charge in [-0.2, -0.15) is 0 Å². The summed E-state index contributed by atoms with van der Waals surface area (Å²) in [4.78, 5) is -0.202. The largest absolute Gasteiger partial charge is 0.251 e. The molecule has 0 saturated carbocycles. The maximum atomic E-state index is 11.8. The Morgan fingerprint density at radius 1 is 1.33 bits per heavy atom. The Hall–Kier alpha value is -0.720. The summed E-state index contributed by atoms with van der Waals surface area (Å²) >= 11 is 5.62. The van der Waals surface area contributed by atoms with Crippen LogP contribution in [0.3, 0.4) is 0 Å². The average Bonchev–Trinajstić information content (AvgIpc) is 2.15. The number of nitrogens with one attached hydrogen (secondary N) is 1. The van der Waals surface area contributed by atoms with Crippen LogP contribution in [0.5, 0.6) is 0 Å². The van der Waals surface area contributed by atoms with Crippen LogP contribution in [0.4, 0.5) is 8.78 Å². The van der Waals surface area contributed by atoms with Gasteiger partial charge >= 0.3 is 0 Å². The van der Waals surface area contributed by atoms with Crippen molar-refractivity contribution in [3.8, 4) is 0 Å². The molecule has 3 nitrogen and oxygen atoms in total. The molecule has 0 fully saturated rings. The van der Waals surface area contributed by atoms with Crippen LogP contribution < -0.4 is 4.72 Å². The average molecular weight is 256 g/mol. The van der Waals surface area contributed by atoms with Gasteiger partial charge in [-0.1, -0.05) is 23.7 Å². The Morgan fingerprint density at radius 2 is 1.93 bits per heavy atom. The molecule has 0 unspecified atom stereocenters. The van der Waals surface area contributed by atoms with Crippen molar-refractivity contribution in [3.63, 3.8) is 0 Å². The van der Waals surface area contributed by atoms with E-state index in [-0.39, 0.29) is 9.92 Å². The van der Waals surface area contributed by atoms with Gasteiger partial charge in [-0.15, -0.1) is 0 Å². The van der Waals surface area contributed by atoms with Crippen LogP contribution in [-0.4, -0.2) is 21.4 Å². The highest BCUT2D eigenvalue weighted by molar-refractivity contribution is 7.89. The minimum atomic E-state index is -3.95. The fourth-order valence-corrected chi connectivity index (χ4v) is 2.44. The Kier molecular flexibility index (Phi) is 4.01. The topological polar surface area (TPSA) is 46.2 Å². The van der Waals surface area contributed by atoms with Crippen molar-refractivity contribution in [1.82, 2.24) is 4.72 Å². The van der Waals surface area contributed by atoms with Gasteiger partial charge < -0.3 is 0 Å². The van der Waals surface area contributed by atoms with E-state index in [9.17, 15) is 17.2 Å². The number of halogens is 3. The van der Waals surface area contributed by atoms with Crippen molar-refractivity contribution in [1.29, 1.82) is 0 Å². The van der Waals surface area contributed by atoms with Crippen molar-refractivity contribution in [3.05, 3.63) is 29.3 Å². The molecule has 7 heteroatoms. The highest BCUT2D eigenvalue weighted by Crippen LogP contribution is 2.19. The maximum absolute atomic E-state index is 11.8. The lowest BCUT2D eigenvalue weighted by atomic mass is 10.4. The Bertz CT molecular complexity index is 436. The molecule has 0 aliphatic heterocycles. The number of benzene rings is 1. The van der Waals surface area contributed by atoms with Crippen molar-refractivity contribution in [2.75, 3.05) is 6.54 Å². The van der Waals surface area contributed by atoms with Crippen LogP contribution in [0.2, 0.25) is 5.02 Å². The van der Waals surface area contributed by atoms with Crippen molar-refractivity contribution >= 4 is 21.6 Å². The van der Waals surface area contributed by atoms with E-state index in [0.717, 1.165) is 0 Å². The van der Waals surface area contributed by atoms with Crippen LogP contribution in [-0.2, 0) is 10.0 Å². The van der Waals surface area contributed by atoms with E-state index in [2.05, 4.69) is 0 Å². The van der Waals surface area contributed by atoms with Crippen LogP contribution in [0.25, 0.3) is 0 Å². The molecule has 0 heterocycles. The Labute approximate surface area is 91.1 Å². The Morgan fingerprint density at radius 3 is 2.47 bits per heavy atom. The summed E-state index contributed by atoms with van der Waals surface area (Å²) in [5.41, 5.74) is 0. The van der Waals surface area contributed by atoms with E-state index in [1.165, 1.54) is 18.2 Å². The highest BCUT2D eigenvalue weighted by atomic mass is 35.5. The molecular weight excluding hydrogens is 248 g/mol. The van der Waals surface area contributed by atoms with Gasteiger partial charge in [0, 0.05) is 0 Å². The van der Waals surface area contributed by atoms with Gasteiger partial charge in [0.15, 0.2) is 0 Å². The summed E-state index contributed by atoms with van der Waals surface area (Å²) in [6.07, 6.45) is -2.73. The van der Waals surface area contributed by atoms with E-state index in [0.29, 0.717) is 0 Å². The third-order valence-electron chi connectivity index (χ3n) is 1.55. The molecule has 1 N–H and O–H groups in total. The molecule has 0 aliphatic rings. The highest BCUT2D eigenvalue weighted by Gasteiger charge is 2.18. The van der Waals surface area contributed by atoms with Crippen molar-refractivity contribution < 1.29 is 17.2 Å². The first-order valence-corrected chi connectivity index (χ1v) is 5.82. The molecule has 0 atom stereocenters. The second-order valence-electron chi connectivity index (χ2n) is 2.67. The first kappa shape index (κ1) is 12.4. The predicted molar refractivity (Wildman–Crippen MR) is 52.6 cm³/mol. The Balaban J connectivity index is 2.92. The molecule has 15 heavy (non-hydrogen) atoms. The second-order valence-corrected chi connectivity index (χ2v) is 4.82. The zero-order valence-corrected chi connectivity index (χ0v) is 9.02. The van der Waals surface area contributed by atoms with Crippen molar-refractivity contribution in [2.24, 2.45) is 0 Å². The molecule has 0 radical (unpaired) electrons. The molecule has 0 aromatic heterocycles. The molecule has 1 aromatic rings. The third-order valence-corrected chi connectivity index (χ3v) is 3.48. The molecule has 0 saturated heterocycles. The van der Waals surface area contributed by atoms with E-state index in [4.69, 9.17) is 11.6 Å². The van der Waals surface area contributed by atoms with Crippen LogP contribution >= 0.6 is 11.6 Å². The minimum absolute atomic E-state index is 0.000679. The predicted octanol–water partition coefficient (Wildman–Crippen LogP) is 1.88. The quantitative estimate of drug-likeness (QED) is 0.893. The maximum Gasteiger partial charge on any atom is 0.251 e. The number of hydrogen-bond acceptors (Lipinski definition) is 2. The van der Waals surface area contributed by atoms with Gasteiger partial charge in [-0.25, -0.2) is 21.9 Å². The van der Waals surface area contributed by atoms with Gasteiger partial charge in [-0.3, -0.25) is 0 Å². The molecule has 0 amide bonds. The van der Waals surface area contributed by atoms with Crippen LogP contribution in [0.1, 0.15) is 0 Å². The van der Waals surface area contributed by atoms with Gasteiger partial charge in [0.05, 0.1) is 11.6 Å². The summed E-state index contributed by atoms with van der Waals surface area (Å²) in [5.74, 6) is 0. The summed E-state index contributed by atoms with van der Waals surface area (Å²) in [5, 5.41) is -0.000679.